The van der Waals surface area contributed by atoms with Crippen LogP contribution in [-0.2, 0) is 0 Å². The Labute approximate surface area is 182 Å². The van der Waals surface area contributed by atoms with Crippen LogP contribution < -0.4 is 5.32 Å². The number of fused-ring (bicyclic) bond motifs is 1. The first kappa shape index (κ1) is 19.2. The summed E-state index contributed by atoms with van der Waals surface area (Å²) in [6.45, 7) is 1.82. The molecule has 0 atom stereocenters. The fraction of sp³-hybridized carbons (Fsp3) is 0.174. The highest BCUT2D eigenvalue weighted by Crippen LogP contribution is 2.45. The van der Waals surface area contributed by atoms with E-state index in [9.17, 15) is 4.79 Å². The van der Waals surface area contributed by atoms with Crippen LogP contribution >= 0.6 is 23.5 Å². The molecule has 5 nitrogen and oxygen atoms in total. The van der Waals surface area contributed by atoms with Gasteiger partial charge in [0.2, 0.25) is 0 Å². The summed E-state index contributed by atoms with van der Waals surface area (Å²) in [6, 6.07) is 19.6. The van der Waals surface area contributed by atoms with Gasteiger partial charge in [0.1, 0.15) is 0 Å². The Balaban J connectivity index is 1.51. The van der Waals surface area contributed by atoms with E-state index < -0.39 is 0 Å². The van der Waals surface area contributed by atoms with E-state index in [-0.39, 0.29) is 5.91 Å². The molecule has 0 radical (unpaired) electrons. The molecule has 150 valence electrons. The second-order valence-corrected chi connectivity index (χ2v) is 9.75. The van der Waals surface area contributed by atoms with Crippen molar-refractivity contribution in [1.29, 1.82) is 0 Å². The van der Waals surface area contributed by atoms with E-state index in [4.69, 9.17) is 4.52 Å². The van der Waals surface area contributed by atoms with E-state index in [0.717, 1.165) is 22.8 Å². The van der Waals surface area contributed by atoms with E-state index >= 15 is 0 Å². The molecule has 3 heterocycles. The van der Waals surface area contributed by atoms with Crippen LogP contribution in [0, 0.1) is 6.92 Å². The van der Waals surface area contributed by atoms with Crippen molar-refractivity contribution < 1.29 is 9.32 Å². The number of aromatic nitrogens is 2. The maximum absolute atomic E-state index is 13.3. The van der Waals surface area contributed by atoms with Gasteiger partial charge in [-0.15, -0.1) is 23.5 Å². The normalized spacial score (nSPS) is 14.3. The molecule has 1 N–H and O–H groups in total. The fourth-order valence-corrected chi connectivity index (χ4v) is 6.38. The van der Waals surface area contributed by atoms with Crippen molar-refractivity contribution in [2.45, 2.75) is 11.5 Å². The Kier molecular flexibility index (Phi) is 5.23. The van der Waals surface area contributed by atoms with Gasteiger partial charge < -0.3 is 9.84 Å². The SMILES string of the molecule is Cc1noc2nc(-c3ccccc3)cc(C(=O)Nc3cccc(C4SCCS4)c3)c12. The van der Waals surface area contributed by atoms with Crippen LogP contribution in [0.4, 0.5) is 5.69 Å². The molecular formula is C23H19N3O2S2. The molecule has 1 saturated heterocycles. The Morgan fingerprint density at radius 2 is 1.87 bits per heavy atom. The van der Waals surface area contributed by atoms with Crippen molar-refractivity contribution in [3.8, 4) is 11.3 Å². The summed E-state index contributed by atoms with van der Waals surface area (Å²) in [5, 5.41) is 7.72. The molecule has 7 heteroatoms. The minimum atomic E-state index is -0.199. The summed E-state index contributed by atoms with van der Waals surface area (Å²) in [5.74, 6) is 2.13. The molecule has 1 fully saturated rings. The highest BCUT2D eigenvalue weighted by Gasteiger charge is 2.21. The van der Waals surface area contributed by atoms with Crippen LogP contribution in [0.5, 0.6) is 0 Å². The smallest absolute Gasteiger partial charge is 0.259 e. The predicted molar refractivity (Wildman–Crippen MR) is 124 cm³/mol. The second-order valence-electron chi connectivity index (χ2n) is 7.02. The molecule has 2 aromatic heterocycles. The van der Waals surface area contributed by atoms with Gasteiger partial charge in [-0.1, -0.05) is 47.6 Å². The van der Waals surface area contributed by atoms with Crippen LogP contribution in [0.3, 0.4) is 0 Å². The molecule has 0 unspecified atom stereocenters. The molecule has 1 aliphatic rings. The lowest BCUT2D eigenvalue weighted by Crippen LogP contribution is -2.13. The quantitative estimate of drug-likeness (QED) is 0.430. The van der Waals surface area contributed by atoms with Gasteiger partial charge in [-0.2, -0.15) is 0 Å². The van der Waals surface area contributed by atoms with Gasteiger partial charge in [0.05, 0.1) is 26.9 Å². The Bertz CT molecular complexity index is 1220. The molecule has 0 bridgehead atoms. The molecule has 5 rings (SSSR count). The Morgan fingerprint density at radius 1 is 1.07 bits per heavy atom. The summed E-state index contributed by atoms with van der Waals surface area (Å²) in [5.41, 5.74) is 5.13. The first-order chi connectivity index (χ1) is 14.7. The molecule has 0 aliphatic carbocycles. The lowest BCUT2D eigenvalue weighted by molar-refractivity contribution is 0.102. The monoisotopic (exact) mass is 433 g/mol. The Hall–Kier alpha value is -2.77. The number of carbonyl (C=O) groups is 1. The number of aryl methyl sites for hydroxylation is 1. The minimum Gasteiger partial charge on any atom is -0.335 e. The number of carbonyl (C=O) groups excluding carboxylic acids is 1. The number of benzene rings is 2. The zero-order valence-corrected chi connectivity index (χ0v) is 17.9. The number of amides is 1. The third-order valence-corrected chi connectivity index (χ3v) is 8.07. The number of nitrogens with one attached hydrogen (secondary N) is 1. The van der Waals surface area contributed by atoms with Crippen LogP contribution in [0.25, 0.3) is 22.4 Å². The highest BCUT2D eigenvalue weighted by molar-refractivity contribution is 8.19. The van der Waals surface area contributed by atoms with Gasteiger partial charge in [-0.05, 0) is 30.7 Å². The summed E-state index contributed by atoms with van der Waals surface area (Å²) in [7, 11) is 0. The lowest BCUT2D eigenvalue weighted by atomic mass is 10.0. The minimum absolute atomic E-state index is 0.199. The number of hydrogen-bond acceptors (Lipinski definition) is 6. The molecule has 1 amide bonds. The number of nitrogens with zero attached hydrogens (tertiary/aromatic N) is 2. The van der Waals surface area contributed by atoms with E-state index in [0.29, 0.717) is 32.6 Å². The second kappa shape index (κ2) is 8.16. The van der Waals surface area contributed by atoms with E-state index in [1.165, 1.54) is 5.56 Å². The molecule has 2 aromatic carbocycles. The van der Waals surface area contributed by atoms with Gasteiger partial charge in [0.25, 0.3) is 11.6 Å². The van der Waals surface area contributed by atoms with Gasteiger partial charge >= 0.3 is 0 Å². The summed E-state index contributed by atoms with van der Waals surface area (Å²) >= 11 is 3.89. The molecule has 4 aromatic rings. The molecule has 30 heavy (non-hydrogen) atoms. The van der Waals surface area contributed by atoms with Crippen molar-refractivity contribution >= 4 is 46.2 Å². The van der Waals surface area contributed by atoms with Crippen LogP contribution in [-0.4, -0.2) is 27.6 Å². The highest BCUT2D eigenvalue weighted by atomic mass is 32.2. The fourth-order valence-electron chi connectivity index (χ4n) is 3.54. The summed E-state index contributed by atoms with van der Waals surface area (Å²) < 4.78 is 5.82. The van der Waals surface area contributed by atoms with E-state index in [1.54, 1.807) is 0 Å². The topological polar surface area (TPSA) is 68.0 Å². The number of thioether (sulfide) groups is 2. The van der Waals surface area contributed by atoms with Crippen molar-refractivity contribution in [2.24, 2.45) is 0 Å². The number of rotatable bonds is 4. The third-order valence-electron chi connectivity index (χ3n) is 4.97. The van der Waals surface area contributed by atoms with E-state index in [1.807, 2.05) is 79.0 Å². The first-order valence-electron chi connectivity index (χ1n) is 9.66. The maximum Gasteiger partial charge on any atom is 0.259 e. The number of hydrogen-bond donors (Lipinski definition) is 1. The zero-order valence-electron chi connectivity index (χ0n) is 16.3. The van der Waals surface area contributed by atoms with Crippen molar-refractivity contribution in [3.05, 3.63) is 77.5 Å². The van der Waals surface area contributed by atoms with Crippen LogP contribution in [0.15, 0.2) is 65.2 Å². The van der Waals surface area contributed by atoms with Gasteiger partial charge in [0.15, 0.2) is 0 Å². The average Bonchev–Trinajstić information content (AvgIpc) is 3.44. The summed E-state index contributed by atoms with van der Waals surface area (Å²) in [6.07, 6.45) is 0. The number of pyridine rings is 1. The van der Waals surface area contributed by atoms with Crippen molar-refractivity contribution in [1.82, 2.24) is 10.1 Å². The lowest BCUT2D eigenvalue weighted by Gasteiger charge is -2.12. The largest absolute Gasteiger partial charge is 0.335 e. The molecule has 0 spiro atoms. The summed E-state index contributed by atoms with van der Waals surface area (Å²) in [4.78, 5) is 17.8. The van der Waals surface area contributed by atoms with Crippen LogP contribution in [0.2, 0.25) is 0 Å². The van der Waals surface area contributed by atoms with Crippen LogP contribution in [0.1, 0.15) is 26.2 Å². The zero-order chi connectivity index (χ0) is 20.5. The first-order valence-corrected chi connectivity index (χ1v) is 11.8. The van der Waals surface area contributed by atoms with Crippen molar-refractivity contribution in [2.75, 3.05) is 16.8 Å². The average molecular weight is 434 g/mol. The van der Waals surface area contributed by atoms with Gasteiger partial charge in [-0.25, -0.2) is 4.98 Å². The predicted octanol–water partition coefficient (Wildman–Crippen LogP) is 5.93. The standard InChI is InChI=1S/C23H19N3O2S2/c1-14-20-18(13-19(25-22(20)28-26-14)15-6-3-2-4-7-15)21(27)24-17-9-5-8-16(12-17)23-29-10-11-30-23/h2-9,12-13,23H,10-11H2,1H3,(H,24,27). The third kappa shape index (κ3) is 3.70. The maximum atomic E-state index is 13.3. The molecule has 0 saturated carbocycles. The molecular weight excluding hydrogens is 414 g/mol. The van der Waals surface area contributed by atoms with Gasteiger partial charge in [-0.3, -0.25) is 4.79 Å². The van der Waals surface area contributed by atoms with Gasteiger partial charge in [0, 0.05) is 22.8 Å². The number of anilines is 1. The van der Waals surface area contributed by atoms with E-state index in [2.05, 4.69) is 27.6 Å². The molecule has 1 aliphatic heterocycles. The van der Waals surface area contributed by atoms with Crippen molar-refractivity contribution in [3.63, 3.8) is 0 Å². The Morgan fingerprint density at radius 3 is 2.67 bits per heavy atom.